The molecule has 124 valence electrons. The predicted octanol–water partition coefficient (Wildman–Crippen LogP) is 1.78. The van der Waals surface area contributed by atoms with Gasteiger partial charge in [-0.25, -0.2) is 9.97 Å². The van der Waals surface area contributed by atoms with Crippen LogP contribution in [0.5, 0.6) is 5.75 Å². The largest absolute Gasteiger partial charge is 0.480 e. The first-order valence-corrected chi connectivity index (χ1v) is 8.34. The Morgan fingerprint density at radius 1 is 1.17 bits per heavy atom. The van der Waals surface area contributed by atoms with Crippen molar-refractivity contribution in [3.05, 3.63) is 47.2 Å². The predicted molar refractivity (Wildman–Crippen MR) is 90.4 cm³/mol. The van der Waals surface area contributed by atoms with E-state index in [2.05, 4.69) is 14.9 Å². The molecule has 2 aliphatic heterocycles. The van der Waals surface area contributed by atoms with E-state index in [1.165, 1.54) is 0 Å². The lowest BCUT2D eigenvalue weighted by atomic mass is 10.1. The van der Waals surface area contributed by atoms with E-state index in [0.29, 0.717) is 30.5 Å². The number of benzene rings is 1. The van der Waals surface area contributed by atoms with Crippen molar-refractivity contribution >= 4 is 23.5 Å². The van der Waals surface area contributed by atoms with Gasteiger partial charge in [0.2, 0.25) is 5.95 Å². The molecule has 0 aliphatic carbocycles. The molecular weight excluding hydrogens is 328 g/mol. The van der Waals surface area contributed by atoms with Gasteiger partial charge in [0.15, 0.2) is 6.10 Å². The number of piperazine rings is 1. The summed E-state index contributed by atoms with van der Waals surface area (Å²) in [6, 6.07) is 7.28. The Kier molecular flexibility index (Phi) is 3.98. The average Bonchev–Trinajstić information content (AvgIpc) is 3.05. The number of fused-ring (bicyclic) bond motifs is 1. The van der Waals surface area contributed by atoms with Crippen molar-refractivity contribution in [1.82, 2.24) is 14.9 Å². The van der Waals surface area contributed by atoms with Crippen molar-refractivity contribution in [1.29, 1.82) is 0 Å². The fraction of sp³-hybridized carbons (Fsp3) is 0.353. The molecule has 1 saturated heterocycles. The van der Waals surface area contributed by atoms with Gasteiger partial charge in [-0.05, 0) is 29.8 Å². The molecule has 0 spiro atoms. The Balaban J connectivity index is 1.37. The number of hydrogen-bond donors (Lipinski definition) is 0. The third kappa shape index (κ3) is 2.89. The topological polar surface area (TPSA) is 58.6 Å². The SMILES string of the molecule is O=C(C1Cc2cc(Cl)ccc2O1)N1CCN(c2ncccn2)CC1. The molecule has 2 aromatic rings. The van der Waals surface area contributed by atoms with Gasteiger partial charge in [0, 0.05) is 50.0 Å². The zero-order chi connectivity index (χ0) is 16.5. The first kappa shape index (κ1) is 15.2. The monoisotopic (exact) mass is 344 g/mol. The zero-order valence-electron chi connectivity index (χ0n) is 13.1. The number of nitrogens with zero attached hydrogens (tertiary/aromatic N) is 4. The summed E-state index contributed by atoms with van der Waals surface area (Å²) in [4.78, 5) is 25.2. The molecule has 1 amide bonds. The number of ether oxygens (including phenoxy) is 1. The average molecular weight is 345 g/mol. The van der Waals surface area contributed by atoms with Crippen molar-refractivity contribution in [2.75, 3.05) is 31.1 Å². The number of halogens is 1. The molecule has 1 fully saturated rings. The quantitative estimate of drug-likeness (QED) is 0.831. The second-order valence-corrected chi connectivity index (χ2v) is 6.36. The Hall–Kier alpha value is -2.34. The molecule has 7 heteroatoms. The fourth-order valence-corrected chi connectivity index (χ4v) is 3.33. The highest BCUT2D eigenvalue weighted by atomic mass is 35.5. The summed E-state index contributed by atoms with van der Waals surface area (Å²) in [5.41, 5.74) is 0.997. The summed E-state index contributed by atoms with van der Waals surface area (Å²) in [5.74, 6) is 1.51. The highest BCUT2D eigenvalue weighted by Crippen LogP contribution is 2.31. The maximum absolute atomic E-state index is 12.7. The van der Waals surface area contributed by atoms with Gasteiger partial charge in [-0.15, -0.1) is 0 Å². The first-order valence-electron chi connectivity index (χ1n) is 7.96. The second kappa shape index (κ2) is 6.28. The summed E-state index contributed by atoms with van der Waals surface area (Å²) in [7, 11) is 0. The lowest BCUT2D eigenvalue weighted by Gasteiger charge is -2.35. The van der Waals surface area contributed by atoms with E-state index < -0.39 is 6.10 Å². The first-order chi connectivity index (χ1) is 11.7. The number of amides is 1. The molecular formula is C17H17ClN4O2. The summed E-state index contributed by atoms with van der Waals surface area (Å²) in [6.45, 7) is 2.74. The molecule has 6 nitrogen and oxygen atoms in total. The van der Waals surface area contributed by atoms with E-state index >= 15 is 0 Å². The molecule has 3 heterocycles. The molecule has 0 bridgehead atoms. The van der Waals surface area contributed by atoms with Gasteiger partial charge in [0.05, 0.1) is 0 Å². The van der Waals surface area contributed by atoms with Crippen molar-refractivity contribution in [2.24, 2.45) is 0 Å². The van der Waals surface area contributed by atoms with Crippen molar-refractivity contribution in [3.63, 3.8) is 0 Å². The standard InChI is InChI=1S/C17H17ClN4O2/c18-13-2-3-14-12(10-13)11-15(24-14)16(23)21-6-8-22(9-7-21)17-19-4-1-5-20-17/h1-5,10,15H,6-9,11H2. The summed E-state index contributed by atoms with van der Waals surface area (Å²) in [5, 5.41) is 0.668. The van der Waals surface area contributed by atoms with E-state index in [0.717, 1.165) is 24.4 Å². The van der Waals surface area contributed by atoms with Gasteiger partial charge in [0.1, 0.15) is 5.75 Å². The van der Waals surface area contributed by atoms with Crippen LogP contribution in [0.15, 0.2) is 36.7 Å². The molecule has 4 rings (SSSR count). The Bertz CT molecular complexity index is 748. The Morgan fingerprint density at radius 2 is 1.92 bits per heavy atom. The number of aromatic nitrogens is 2. The molecule has 2 aliphatic rings. The number of hydrogen-bond acceptors (Lipinski definition) is 5. The number of carbonyl (C=O) groups excluding carboxylic acids is 1. The minimum atomic E-state index is -0.446. The number of rotatable bonds is 2. The second-order valence-electron chi connectivity index (χ2n) is 5.92. The van der Waals surface area contributed by atoms with Crippen molar-refractivity contribution in [3.8, 4) is 5.75 Å². The van der Waals surface area contributed by atoms with Crippen LogP contribution < -0.4 is 9.64 Å². The maximum atomic E-state index is 12.7. The van der Waals surface area contributed by atoms with Crippen LogP contribution >= 0.6 is 11.6 Å². The summed E-state index contributed by atoms with van der Waals surface area (Å²) >= 11 is 6.01. The Labute approximate surface area is 145 Å². The highest BCUT2D eigenvalue weighted by molar-refractivity contribution is 6.30. The highest BCUT2D eigenvalue weighted by Gasteiger charge is 2.34. The Morgan fingerprint density at radius 3 is 2.67 bits per heavy atom. The molecule has 0 N–H and O–H groups in total. The van der Waals surface area contributed by atoms with Gasteiger partial charge >= 0.3 is 0 Å². The van der Waals surface area contributed by atoms with Gasteiger partial charge in [-0.2, -0.15) is 0 Å². The van der Waals surface area contributed by atoms with Crippen LogP contribution in [0.1, 0.15) is 5.56 Å². The normalized spacial score (nSPS) is 19.8. The van der Waals surface area contributed by atoms with E-state index in [1.807, 2.05) is 17.0 Å². The molecule has 1 aromatic heterocycles. The lowest BCUT2D eigenvalue weighted by Crippen LogP contribution is -2.52. The minimum absolute atomic E-state index is 0.0379. The molecule has 0 radical (unpaired) electrons. The molecule has 1 aromatic carbocycles. The molecule has 24 heavy (non-hydrogen) atoms. The third-order valence-electron chi connectivity index (χ3n) is 4.40. The van der Waals surface area contributed by atoms with Crippen LogP contribution in [-0.4, -0.2) is 53.1 Å². The minimum Gasteiger partial charge on any atom is -0.480 e. The fourth-order valence-electron chi connectivity index (χ4n) is 3.14. The number of carbonyl (C=O) groups is 1. The zero-order valence-corrected chi connectivity index (χ0v) is 13.8. The molecule has 0 saturated carbocycles. The van der Waals surface area contributed by atoms with E-state index in [-0.39, 0.29) is 5.91 Å². The van der Waals surface area contributed by atoms with E-state index in [4.69, 9.17) is 16.3 Å². The smallest absolute Gasteiger partial charge is 0.264 e. The van der Waals surface area contributed by atoms with Crippen LogP contribution in [-0.2, 0) is 11.2 Å². The molecule has 1 atom stereocenters. The van der Waals surface area contributed by atoms with Crippen LogP contribution in [0.4, 0.5) is 5.95 Å². The maximum Gasteiger partial charge on any atom is 0.264 e. The number of anilines is 1. The van der Waals surface area contributed by atoms with Crippen molar-refractivity contribution < 1.29 is 9.53 Å². The van der Waals surface area contributed by atoms with Crippen LogP contribution in [0, 0.1) is 0 Å². The van der Waals surface area contributed by atoms with Gasteiger partial charge in [-0.3, -0.25) is 4.79 Å². The van der Waals surface area contributed by atoms with Gasteiger partial charge in [-0.1, -0.05) is 11.6 Å². The van der Waals surface area contributed by atoms with E-state index in [9.17, 15) is 4.79 Å². The third-order valence-corrected chi connectivity index (χ3v) is 4.63. The van der Waals surface area contributed by atoms with Crippen LogP contribution in [0.2, 0.25) is 5.02 Å². The van der Waals surface area contributed by atoms with Gasteiger partial charge < -0.3 is 14.5 Å². The molecule has 1 unspecified atom stereocenters. The van der Waals surface area contributed by atoms with E-state index in [1.54, 1.807) is 24.5 Å². The van der Waals surface area contributed by atoms with Gasteiger partial charge in [0.25, 0.3) is 5.91 Å². The van der Waals surface area contributed by atoms with Crippen molar-refractivity contribution in [2.45, 2.75) is 12.5 Å². The van der Waals surface area contributed by atoms with Crippen LogP contribution in [0.25, 0.3) is 0 Å². The van der Waals surface area contributed by atoms with Crippen LogP contribution in [0.3, 0.4) is 0 Å². The lowest BCUT2D eigenvalue weighted by molar-refractivity contribution is -0.138. The summed E-state index contributed by atoms with van der Waals surface area (Å²) in [6.07, 6.45) is 3.60. The summed E-state index contributed by atoms with van der Waals surface area (Å²) < 4.78 is 5.80.